The Morgan fingerprint density at radius 3 is 2.47 bits per heavy atom. The number of carbonyl (C=O) groups excluding carboxylic acids is 1. The molecule has 1 amide bonds. The van der Waals surface area contributed by atoms with Gasteiger partial charge in [0.25, 0.3) is 0 Å². The van der Waals surface area contributed by atoms with E-state index in [9.17, 15) is 13.6 Å². The van der Waals surface area contributed by atoms with Crippen LogP contribution in [0.25, 0.3) is 0 Å². The third-order valence-corrected chi connectivity index (χ3v) is 2.52. The molecule has 0 aliphatic heterocycles. The molecule has 0 spiro atoms. The Hall–Kier alpha value is -1.92. The molecule has 1 rings (SSSR count). The molecular formula is C12H18F2N4O. The Morgan fingerprint density at radius 2 is 1.95 bits per heavy atom. The second-order valence-corrected chi connectivity index (χ2v) is 4.69. The number of nitrogens with zero attached hydrogens (tertiary/aromatic N) is 1. The number of primary amides is 1. The molecule has 0 unspecified atom stereocenters. The fraction of sp³-hybridized carbons (Fsp3) is 0.500. The van der Waals surface area contributed by atoms with Crippen LogP contribution in [0.5, 0.6) is 0 Å². The van der Waals surface area contributed by atoms with E-state index < -0.39 is 23.1 Å². The van der Waals surface area contributed by atoms with Crippen LogP contribution >= 0.6 is 0 Å². The molecule has 0 radical (unpaired) electrons. The van der Waals surface area contributed by atoms with Gasteiger partial charge in [0.2, 0.25) is 5.91 Å². The van der Waals surface area contributed by atoms with E-state index in [4.69, 9.17) is 5.73 Å². The normalized spacial score (nSPS) is 11.2. The molecule has 4 N–H and O–H groups in total. The van der Waals surface area contributed by atoms with Crippen molar-refractivity contribution >= 4 is 17.5 Å². The largest absolute Gasteiger partial charge is 0.368 e. The van der Waals surface area contributed by atoms with Gasteiger partial charge in [0.1, 0.15) is 5.54 Å². The number of aromatic nitrogens is 1. The molecule has 1 aromatic heterocycles. The zero-order valence-corrected chi connectivity index (χ0v) is 11.2. The summed E-state index contributed by atoms with van der Waals surface area (Å²) in [6.07, 6.45) is 0.772. The first-order chi connectivity index (χ1) is 8.77. The highest BCUT2D eigenvalue weighted by Crippen LogP contribution is 2.21. The van der Waals surface area contributed by atoms with Crippen LogP contribution in [0.3, 0.4) is 0 Å². The van der Waals surface area contributed by atoms with E-state index in [-0.39, 0.29) is 11.6 Å². The molecule has 0 aliphatic carbocycles. The van der Waals surface area contributed by atoms with E-state index in [0.717, 1.165) is 6.42 Å². The lowest BCUT2D eigenvalue weighted by atomic mass is 10.1. The van der Waals surface area contributed by atoms with Crippen LogP contribution in [-0.4, -0.2) is 23.0 Å². The van der Waals surface area contributed by atoms with Crippen molar-refractivity contribution in [2.45, 2.75) is 32.7 Å². The van der Waals surface area contributed by atoms with Crippen molar-refractivity contribution in [2.24, 2.45) is 5.73 Å². The third-order valence-electron chi connectivity index (χ3n) is 2.52. The lowest BCUT2D eigenvalue weighted by Gasteiger charge is -2.23. The first-order valence-corrected chi connectivity index (χ1v) is 5.96. The van der Waals surface area contributed by atoms with Crippen LogP contribution < -0.4 is 16.4 Å². The number of pyridine rings is 1. The summed E-state index contributed by atoms with van der Waals surface area (Å²) in [6, 6.07) is 0.713. The second-order valence-electron chi connectivity index (χ2n) is 4.69. The first kappa shape index (κ1) is 15.1. The van der Waals surface area contributed by atoms with Crippen LogP contribution in [0.1, 0.15) is 27.2 Å². The molecule has 0 atom stereocenters. The summed E-state index contributed by atoms with van der Waals surface area (Å²) < 4.78 is 27.1. The van der Waals surface area contributed by atoms with Crippen LogP contribution in [0.2, 0.25) is 0 Å². The summed E-state index contributed by atoms with van der Waals surface area (Å²) in [5, 5.41) is 5.30. The van der Waals surface area contributed by atoms with E-state index in [2.05, 4.69) is 15.6 Å². The van der Waals surface area contributed by atoms with Crippen molar-refractivity contribution in [3.05, 3.63) is 17.7 Å². The molecule has 1 heterocycles. The van der Waals surface area contributed by atoms with Gasteiger partial charge in [-0.05, 0) is 20.3 Å². The van der Waals surface area contributed by atoms with Gasteiger partial charge >= 0.3 is 0 Å². The molecule has 0 aliphatic rings. The smallest absolute Gasteiger partial charge is 0.242 e. The number of carbonyl (C=O) groups is 1. The second kappa shape index (κ2) is 5.81. The highest BCUT2D eigenvalue weighted by Gasteiger charge is 2.27. The summed E-state index contributed by atoms with van der Waals surface area (Å²) in [6.45, 7) is 5.38. The highest BCUT2D eigenvalue weighted by atomic mass is 19.1. The zero-order chi connectivity index (χ0) is 14.6. The molecule has 0 bridgehead atoms. The Morgan fingerprint density at radius 1 is 1.37 bits per heavy atom. The van der Waals surface area contributed by atoms with E-state index in [1.54, 1.807) is 0 Å². The molecule has 7 heteroatoms. The maximum atomic E-state index is 13.6. The van der Waals surface area contributed by atoms with Crippen LogP contribution in [-0.2, 0) is 4.79 Å². The van der Waals surface area contributed by atoms with Gasteiger partial charge in [-0.1, -0.05) is 6.92 Å². The summed E-state index contributed by atoms with van der Waals surface area (Å²) in [7, 11) is 0. The lowest BCUT2D eigenvalue weighted by molar-refractivity contribution is -0.121. The van der Waals surface area contributed by atoms with Gasteiger partial charge in [0, 0.05) is 12.6 Å². The number of amides is 1. The van der Waals surface area contributed by atoms with Gasteiger partial charge in [-0.3, -0.25) is 4.79 Å². The van der Waals surface area contributed by atoms with Crippen molar-refractivity contribution < 1.29 is 13.6 Å². The molecule has 0 aromatic carbocycles. The van der Waals surface area contributed by atoms with Gasteiger partial charge in [0.15, 0.2) is 23.3 Å². The van der Waals surface area contributed by atoms with E-state index in [0.29, 0.717) is 12.6 Å². The Bertz CT molecular complexity index is 477. The molecule has 19 heavy (non-hydrogen) atoms. The van der Waals surface area contributed by atoms with Crippen LogP contribution in [0.15, 0.2) is 6.07 Å². The predicted octanol–water partition coefficient (Wildman–Crippen LogP) is 1.86. The zero-order valence-electron chi connectivity index (χ0n) is 11.2. The van der Waals surface area contributed by atoms with Crippen molar-refractivity contribution in [3.8, 4) is 0 Å². The van der Waals surface area contributed by atoms with Crippen molar-refractivity contribution in [2.75, 3.05) is 17.2 Å². The molecule has 0 saturated carbocycles. The number of rotatable bonds is 6. The number of hydrogen-bond acceptors (Lipinski definition) is 4. The summed E-state index contributed by atoms with van der Waals surface area (Å²) >= 11 is 0. The van der Waals surface area contributed by atoms with Crippen LogP contribution in [0.4, 0.5) is 20.4 Å². The van der Waals surface area contributed by atoms with E-state index >= 15 is 0 Å². The quantitative estimate of drug-likeness (QED) is 0.738. The summed E-state index contributed by atoms with van der Waals surface area (Å²) in [5.74, 6) is -2.61. The fourth-order valence-corrected chi connectivity index (χ4v) is 1.28. The summed E-state index contributed by atoms with van der Waals surface area (Å²) in [4.78, 5) is 15.0. The average molecular weight is 272 g/mol. The van der Waals surface area contributed by atoms with Gasteiger partial charge in [-0.15, -0.1) is 0 Å². The number of anilines is 2. The highest BCUT2D eigenvalue weighted by molar-refractivity contribution is 5.86. The number of nitrogens with one attached hydrogen (secondary N) is 2. The number of halogens is 2. The molecule has 0 saturated heterocycles. The monoisotopic (exact) mass is 272 g/mol. The molecular weight excluding hydrogens is 254 g/mol. The van der Waals surface area contributed by atoms with Crippen molar-refractivity contribution in [1.29, 1.82) is 0 Å². The minimum atomic E-state index is -1.19. The van der Waals surface area contributed by atoms with E-state index in [1.165, 1.54) is 13.8 Å². The van der Waals surface area contributed by atoms with E-state index in [1.807, 2.05) is 6.92 Å². The summed E-state index contributed by atoms with van der Waals surface area (Å²) in [5.41, 5.74) is 3.99. The van der Waals surface area contributed by atoms with Gasteiger partial charge in [0.05, 0.1) is 0 Å². The minimum absolute atomic E-state index is 0.0639. The predicted molar refractivity (Wildman–Crippen MR) is 69.8 cm³/mol. The SMILES string of the molecule is CCCNc1nc(NC(C)(C)C(N)=O)c(F)cc1F. The number of nitrogens with two attached hydrogens (primary N) is 1. The first-order valence-electron chi connectivity index (χ1n) is 5.96. The maximum absolute atomic E-state index is 13.6. The van der Waals surface area contributed by atoms with Gasteiger partial charge < -0.3 is 16.4 Å². The molecule has 106 valence electrons. The minimum Gasteiger partial charge on any atom is -0.368 e. The fourth-order valence-electron chi connectivity index (χ4n) is 1.28. The lowest BCUT2D eigenvalue weighted by Crippen LogP contribution is -2.45. The molecule has 0 fully saturated rings. The maximum Gasteiger partial charge on any atom is 0.242 e. The number of hydrogen-bond donors (Lipinski definition) is 3. The Balaban J connectivity index is 3.04. The van der Waals surface area contributed by atoms with Crippen LogP contribution in [0, 0.1) is 11.6 Å². The molecule has 1 aromatic rings. The topological polar surface area (TPSA) is 80.0 Å². The third kappa shape index (κ3) is 3.77. The molecule has 5 nitrogen and oxygen atoms in total. The Labute approximate surface area is 110 Å². The van der Waals surface area contributed by atoms with Crippen molar-refractivity contribution in [3.63, 3.8) is 0 Å². The van der Waals surface area contributed by atoms with Gasteiger partial charge in [-0.2, -0.15) is 0 Å². The Kier molecular flexibility index (Phi) is 4.63. The standard InChI is InChI=1S/C12H18F2N4O/c1-4-5-16-9-7(13)6-8(14)10(17-9)18-12(2,3)11(15)19/h6H,4-5H2,1-3H3,(H2,15,19)(H2,16,17,18). The van der Waals surface area contributed by atoms with Gasteiger partial charge in [-0.25, -0.2) is 13.8 Å². The average Bonchev–Trinajstić information content (AvgIpc) is 2.30. The van der Waals surface area contributed by atoms with Crippen molar-refractivity contribution in [1.82, 2.24) is 4.98 Å².